The molecule has 1 aromatic carbocycles. The van der Waals surface area contributed by atoms with Gasteiger partial charge in [-0.3, -0.25) is 19.2 Å². The molecule has 0 amide bonds. The first kappa shape index (κ1) is 45.1. The Bertz CT molecular complexity index is 1010. The summed E-state index contributed by atoms with van der Waals surface area (Å²) in [4.78, 5) is 50.8. The molecule has 9 heteroatoms. The Hall–Kier alpha value is -2.94. The minimum absolute atomic E-state index is 0.137. The molecule has 0 aliphatic rings. The summed E-state index contributed by atoms with van der Waals surface area (Å²) in [5.41, 5.74) is 2.20. The molecule has 1 aromatic rings. The Morgan fingerprint density at radius 1 is 0.560 bits per heavy atom. The second-order valence-corrected chi connectivity index (χ2v) is 14.2. The molecule has 0 fully saturated rings. The lowest BCUT2D eigenvalue weighted by Gasteiger charge is -2.20. The van der Waals surface area contributed by atoms with Crippen LogP contribution in [-0.4, -0.2) is 66.3 Å². The number of benzene rings is 1. The molecule has 2 N–H and O–H groups in total. The predicted octanol–water partition coefficient (Wildman–Crippen LogP) is 9.79. The van der Waals surface area contributed by atoms with E-state index in [0.29, 0.717) is 69.4 Å². The highest BCUT2D eigenvalue weighted by molar-refractivity contribution is 5.78. The van der Waals surface area contributed by atoms with E-state index in [1.807, 2.05) is 31.1 Å². The lowest BCUT2D eigenvalue weighted by Crippen LogP contribution is -2.17. The molecule has 0 saturated carbocycles. The van der Waals surface area contributed by atoms with Gasteiger partial charge in [0.15, 0.2) is 0 Å². The van der Waals surface area contributed by atoms with Crippen molar-refractivity contribution in [2.45, 2.75) is 173 Å². The molecule has 2 atom stereocenters. The van der Waals surface area contributed by atoms with Crippen LogP contribution in [0, 0.1) is 0 Å². The number of carbonyl (C=O) groups excluding carboxylic acids is 2. The fourth-order valence-corrected chi connectivity index (χ4v) is 6.34. The third-order valence-corrected chi connectivity index (χ3v) is 9.21. The summed E-state index contributed by atoms with van der Waals surface area (Å²) in [7, 11) is 3.87. The van der Waals surface area contributed by atoms with Crippen molar-refractivity contribution in [1.29, 1.82) is 0 Å². The van der Waals surface area contributed by atoms with Crippen molar-refractivity contribution in [2.24, 2.45) is 0 Å². The Morgan fingerprint density at radius 2 is 0.940 bits per heavy atom. The van der Waals surface area contributed by atoms with E-state index >= 15 is 0 Å². The summed E-state index contributed by atoms with van der Waals surface area (Å²) in [5.74, 6) is -3.54. The Kier molecular flexibility index (Phi) is 25.9. The van der Waals surface area contributed by atoms with Crippen LogP contribution < -0.4 is 0 Å². The van der Waals surface area contributed by atoms with Crippen LogP contribution in [0.5, 0.6) is 0 Å². The van der Waals surface area contributed by atoms with Gasteiger partial charge in [-0.2, -0.15) is 0 Å². The van der Waals surface area contributed by atoms with Gasteiger partial charge in [-0.15, -0.1) is 0 Å². The first-order valence-corrected chi connectivity index (χ1v) is 19.6. The number of nitrogens with zero attached hydrogens (tertiary/aromatic N) is 1. The molecule has 0 aliphatic carbocycles. The molecule has 50 heavy (non-hydrogen) atoms. The lowest BCUT2D eigenvalue weighted by molar-refractivity contribution is -0.144. The number of carbonyl (C=O) groups is 4. The highest BCUT2D eigenvalue weighted by atomic mass is 16.5. The van der Waals surface area contributed by atoms with Crippen LogP contribution in [0.15, 0.2) is 18.2 Å². The van der Waals surface area contributed by atoms with Crippen LogP contribution in [0.25, 0.3) is 0 Å². The first-order valence-electron chi connectivity index (χ1n) is 19.6. The molecular formula is C41H69NO8. The monoisotopic (exact) mass is 704 g/mol. The topological polar surface area (TPSA) is 130 Å². The van der Waals surface area contributed by atoms with Crippen LogP contribution >= 0.6 is 0 Å². The normalized spacial score (nSPS) is 12.5. The second-order valence-electron chi connectivity index (χ2n) is 14.2. The summed E-state index contributed by atoms with van der Waals surface area (Å²) in [6.07, 6.45) is 19.1. The average molecular weight is 704 g/mol. The van der Waals surface area contributed by atoms with Crippen LogP contribution in [0.1, 0.15) is 184 Å². The largest absolute Gasteiger partial charge is 0.481 e. The van der Waals surface area contributed by atoms with Crippen molar-refractivity contribution in [3.05, 3.63) is 34.9 Å². The summed E-state index contributed by atoms with van der Waals surface area (Å²) in [6.45, 7) is 5.71. The number of ether oxygens (including phenoxy) is 2. The number of carboxylic acids is 2. The van der Waals surface area contributed by atoms with Gasteiger partial charge in [0.1, 0.15) is 0 Å². The number of esters is 2. The van der Waals surface area contributed by atoms with Crippen LogP contribution in [0.2, 0.25) is 0 Å². The molecule has 2 unspecified atom stereocenters. The molecule has 0 heterocycles. The van der Waals surface area contributed by atoms with Crippen LogP contribution in [0.4, 0.5) is 0 Å². The molecule has 0 spiro atoms. The Morgan fingerprint density at radius 3 is 1.32 bits per heavy atom. The SMILES string of the molecule is CCCCCCCC(=O)OCCCCCCC(C(=O)O)c1cc(CN(C)C)cc(C(CCCCCCOC(=O)CCCCCCC)C(=O)O)c1. The summed E-state index contributed by atoms with van der Waals surface area (Å²) >= 11 is 0. The summed E-state index contributed by atoms with van der Waals surface area (Å²) in [5, 5.41) is 20.4. The molecule has 0 radical (unpaired) electrons. The molecule has 0 bridgehead atoms. The quantitative estimate of drug-likeness (QED) is 0.0556. The summed E-state index contributed by atoms with van der Waals surface area (Å²) in [6, 6.07) is 5.62. The molecule has 286 valence electrons. The number of hydrogen-bond acceptors (Lipinski definition) is 7. The number of hydrogen-bond donors (Lipinski definition) is 2. The van der Waals surface area contributed by atoms with Crippen molar-refractivity contribution < 1.29 is 38.9 Å². The number of carboxylic acid groups (broad SMARTS) is 2. The summed E-state index contributed by atoms with van der Waals surface area (Å²) < 4.78 is 10.7. The number of aliphatic carboxylic acids is 2. The van der Waals surface area contributed by atoms with Gasteiger partial charge in [0.2, 0.25) is 0 Å². The molecule has 1 rings (SSSR count). The molecule has 9 nitrogen and oxygen atoms in total. The van der Waals surface area contributed by atoms with Crippen molar-refractivity contribution >= 4 is 23.9 Å². The van der Waals surface area contributed by atoms with Crippen LogP contribution in [-0.2, 0) is 35.2 Å². The third kappa shape index (κ3) is 22.0. The Balaban J connectivity index is 2.63. The molecular weight excluding hydrogens is 634 g/mol. The van der Waals surface area contributed by atoms with Gasteiger partial charge in [0.25, 0.3) is 0 Å². The number of unbranched alkanes of at least 4 members (excludes halogenated alkanes) is 14. The standard InChI is InChI=1S/C41H69NO8/c1-5-7-9-11-19-25-38(43)49-27-21-15-13-17-23-36(40(45)46)34-29-33(32-42(3)4)30-35(31-34)37(41(47)48)24-18-14-16-22-28-50-39(44)26-20-12-10-8-6-2/h29-31,36-37H,5-28,32H2,1-4H3,(H,45,46)(H,47,48). The first-order chi connectivity index (χ1) is 24.1. The molecule has 0 saturated heterocycles. The van der Waals surface area contributed by atoms with Crippen molar-refractivity contribution in [3.63, 3.8) is 0 Å². The van der Waals surface area contributed by atoms with Crippen molar-refractivity contribution in [2.75, 3.05) is 27.3 Å². The smallest absolute Gasteiger partial charge is 0.310 e. The zero-order chi connectivity index (χ0) is 37.0. The van der Waals surface area contributed by atoms with Gasteiger partial charge >= 0.3 is 23.9 Å². The van der Waals surface area contributed by atoms with Gasteiger partial charge in [-0.1, -0.05) is 122 Å². The van der Waals surface area contributed by atoms with Gasteiger partial charge in [-0.25, -0.2) is 0 Å². The fraction of sp³-hybridized carbons (Fsp3) is 0.756. The molecule has 0 aliphatic heterocycles. The highest BCUT2D eigenvalue weighted by Crippen LogP contribution is 2.31. The van der Waals surface area contributed by atoms with Gasteiger partial charge in [0.05, 0.1) is 25.0 Å². The van der Waals surface area contributed by atoms with Crippen LogP contribution in [0.3, 0.4) is 0 Å². The van der Waals surface area contributed by atoms with E-state index in [1.165, 1.54) is 25.7 Å². The second kappa shape index (κ2) is 28.7. The fourth-order valence-electron chi connectivity index (χ4n) is 6.34. The lowest BCUT2D eigenvalue weighted by atomic mass is 9.86. The van der Waals surface area contributed by atoms with E-state index in [9.17, 15) is 29.4 Å². The van der Waals surface area contributed by atoms with Gasteiger partial charge < -0.3 is 24.6 Å². The Labute approximate surface area is 302 Å². The van der Waals surface area contributed by atoms with E-state index in [2.05, 4.69) is 13.8 Å². The van der Waals surface area contributed by atoms with Crippen molar-refractivity contribution in [1.82, 2.24) is 4.90 Å². The zero-order valence-corrected chi connectivity index (χ0v) is 31.9. The maximum absolute atomic E-state index is 12.4. The van der Waals surface area contributed by atoms with Gasteiger partial charge in [0, 0.05) is 19.4 Å². The minimum atomic E-state index is -0.908. The van der Waals surface area contributed by atoms with E-state index in [-0.39, 0.29) is 11.9 Å². The van der Waals surface area contributed by atoms with Crippen molar-refractivity contribution in [3.8, 4) is 0 Å². The third-order valence-electron chi connectivity index (χ3n) is 9.21. The van der Waals surface area contributed by atoms with E-state index in [0.717, 1.165) is 82.6 Å². The van der Waals surface area contributed by atoms with E-state index in [4.69, 9.17) is 9.47 Å². The average Bonchev–Trinajstić information content (AvgIpc) is 3.06. The maximum Gasteiger partial charge on any atom is 0.310 e. The van der Waals surface area contributed by atoms with E-state index in [1.54, 1.807) is 6.07 Å². The molecule has 0 aromatic heterocycles. The van der Waals surface area contributed by atoms with Gasteiger partial charge in [-0.05, 0) is 69.3 Å². The zero-order valence-electron chi connectivity index (χ0n) is 31.9. The maximum atomic E-state index is 12.4. The minimum Gasteiger partial charge on any atom is -0.481 e. The highest BCUT2D eigenvalue weighted by Gasteiger charge is 2.25. The predicted molar refractivity (Wildman–Crippen MR) is 199 cm³/mol. The number of rotatable bonds is 32. The van der Waals surface area contributed by atoms with E-state index < -0.39 is 23.8 Å².